The van der Waals surface area contributed by atoms with Gasteiger partial charge in [-0.25, -0.2) is 0 Å². The van der Waals surface area contributed by atoms with Crippen LogP contribution < -0.4 is 0 Å². The first-order valence-electron chi connectivity index (χ1n) is 5.59. The van der Waals surface area contributed by atoms with Crippen LogP contribution in [0.2, 0.25) is 0 Å². The Hall–Kier alpha value is -1.44. The number of rotatable bonds is 4. The molecule has 0 heteroatoms. The van der Waals surface area contributed by atoms with Crippen molar-refractivity contribution in [3.63, 3.8) is 0 Å². The van der Waals surface area contributed by atoms with Crippen LogP contribution in [0, 0.1) is 17.3 Å². The lowest BCUT2D eigenvalue weighted by atomic mass is 9.90. The molecule has 0 heterocycles. The average molecular weight is 214 g/mol. The summed E-state index contributed by atoms with van der Waals surface area (Å²) < 4.78 is 0. The minimum absolute atomic E-state index is 0.0164. The van der Waals surface area contributed by atoms with E-state index in [0.717, 1.165) is 24.0 Å². The minimum atomic E-state index is -0.0164. The van der Waals surface area contributed by atoms with Gasteiger partial charge in [0.1, 0.15) is 0 Å². The van der Waals surface area contributed by atoms with E-state index in [4.69, 9.17) is 0 Å². The van der Waals surface area contributed by atoms with Crippen LogP contribution in [0.4, 0.5) is 0 Å². The van der Waals surface area contributed by atoms with Crippen LogP contribution in [-0.2, 0) is 0 Å². The molecule has 0 N–H and O–H groups in total. The topological polar surface area (TPSA) is 0 Å². The third kappa shape index (κ3) is 6.93. The SMILES string of the molecule is C=CCC(=C=C(C)C)C#CC(C)(C)CC=C. The maximum Gasteiger partial charge on any atom is 0.0475 e. The maximum atomic E-state index is 3.75. The molecule has 0 saturated carbocycles. The van der Waals surface area contributed by atoms with Crippen molar-refractivity contribution in [2.24, 2.45) is 5.41 Å². The summed E-state index contributed by atoms with van der Waals surface area (Å²) in [5.74, 6) is 6.46. The molecule has 0 aromatic rings. The van der Waals surface area contributed by atoms with Crippen molar-refractivity contribution in [1.82, 2.24) is 0 Å². The summed E-state index contributed by atoms with van der Waals surface area (Å²) in [4.78, 5) is 0. The monoisotopic (exact) mass is 214 g/mol. The second-order valence-corrected chi connectivity index (χ2v) is 4.72. The molecular weight excluding hydrogens is 192 g/mol. The molecular formula is C16H22. The van der Waals surface area contributed by atoms with E-state index < -0.39 is 0 Å². The Bertz CT molecular complexity index is 370. The van der Waals surface area contributed by atoms with Gasteiger partial charge in [-0.3, -0.25) is 0 Å². The molecule has 16 heavy (non-hydrogen) atoms. The van der Waals surface area contributed by atoms with Gasteiger partial charge in [-0.05, 0) is 39.7 Å². The molecule has 0 aliphatic carbocycles. The second-order valence-electron chi connectivity index (χ2n) is 4.72. The Balaban J connectivity index is 5.05. The zero-order valence-electron chi connectivity index (χ0n) is 11.0. The van der Waals surface area contributed by atoms with Crippen molar-refractivity contribution in [1.29, 1.82) is 0 Å². The van der Waals surface area contributed by atoms with Crippen LogP contribution in [0.1, 0.15) is 40.5 Å². The Morgan fingerprint density at radius 2 is 1.81 bits per heavy atom. The smallest absolute Gasteiger partial charge is 0.0475 e. The molecule has 0 rings (SSSR count). The third-order valence-corrected chi connectivity index (χ3v) is 1.96. The highest BCUT2D eigenvalue weighted by Crippen LogP contribution is 2.19. The first-order valence-corrected chi connectivity index (χ1v) is 5.59. The van der Waals surface area contributed by atoms with Gasteiger partial charge in [0, 0.05) is 17.4 Å². The van der Waals surface area contributed by atoms with E-state index in [1.54, 1.807) is 0 Å². The summed E-state index contributed by atoms with van der Waals surface area (Å²) in [6, 6.07) is 0. The van der Waals surface area contributed by atoms with E-state index in [1.165, 1.54) is 0 Å². The van der Waals surface area contributed by atoms with Gasteiger partial charge in [-0.2, -0.15) is 0 Å². The largest absolute Gasteiger partial charge is 0.109 e. The second kappa shape index (κ2) is 6.94. The summed E-state index contributed by atoms with van der Waals surface area (Å²) in [6.07, 6.45) is 5.45. The van der Waals surface area contributed by atoms with Crippen molar-refractivity contribution < 1.29 is 0 Å². The lowest BCUT2D eigenvalue weighted by Crippen LogP contribution is -2.05. The Labute approximate surface area is 100 Å². The van der Waals surface area contributed by atoms with Gasteiger partial charge < -0.3 is 0 Å². The van der Waals surface area contributed by atoms with Crippen LogP contribution in [0.5, 0.6) is 0 Å². The van der Waals surface area contributed by atoms with Gasteiger partial charge >= 0.3 is 0 Å². The van der Waals surface area contributed by atoms with Gasteiger partial charge in [0.25, 0.3) is 0 Å². The van der Waals surface area contributed by atoms with Crippen molar-refractivity contribution in [2.75, 3.05) is 0 Å². The van der Waals surface area contributed by atoms with E-state index in [9.17, 15) is 0 Å². The van der Waals surface area contributed by atoms with Crippen molar-refractivity contribution in [3.05, 3.63) is 42.2 Å². The number of allylic oxidation sites excluding steroid dienone is 3. The molecule has 0 radical (unpaired) electrons. The number of hydrogen-bond donors (Lipinski definition) is 0. The fraction of sp³-hybridized carbons (Fsp3) is 0.438. The molecule has 86 valence electrons. The minimum Gasteiger partial charge on any atom is -0.109 e. The predicted molar refractivity (Wildman–Crippen MR) is 73.1 cm³/mol. The summed E-state index contributed by atoms with van der Waals surface area (Å²) in [5.41, 5.74) is 5.39. The Morgan fingerprint density at radius 1 is 1.19 bits per heavy atom. The maximum absolute atomic E-state index is 3.75. The van der Waals surface area contributed by atoms with E-state index in [2.05, 4.69) is 44.6 Å². The molecule has 0 bridgehead atoms. The molecule has 0 atom stereocenters. The Kier molecular flexibility index (Phi) is 6.31. The van der Waals surface area contributed by atoms with Crippen LogP contribution in [0.15, 0.2) is 42.2 Å². The van der Waals surface area contributed by atoms with Crippen molar-refractivity contribution in [3.8, 4) is 11.8 Å². The van der Waals surface area contributed by atoms with E-state index in [0.29, 0.717) is 0 Å². The van der Waals surface area contributed by atoms with Gasteiger partial charge in [0.05, 0.1) is 0 Å². The first-order chi connectivity index (χ1) is 7.41. The molecule has 0 aromatic carbocycles. The molecule has 0 unspecified atom stereocenters. The lowest BCUT2D eigenvalue weighted by Gasteiger charge is -2.13. The van der Waals surface area contributed by atoms with Gasteiger partial charge in [0.15, 0.2) is 0 Å². The molecule has 0 saturated heterocycles. The summed E-state index contributed by atoms with van der Waals surface area (Å²) >= 11 is 0. The molecule has 0 spiro atoms. The normalized spacial score (nSPS) is 9.50. The van der Waals surface area contributed by atoms with Gasteiger partial charge in [-0.1, -0.05) is 24.0 Å². The van der Waals surface area contributed by atoms with E-state index in [-0.39, 0.29) is 5.41 Å². The molecule has 0 fully saturated rings. The quantitative estimate of drug-likeness (QED) is 0.363. The molecule has 0 aromatic heterocycles. The van der Waals surface area contributed by atoms with Crippen molar-refractivity contribution in [2.45, 2.75) is 40.5 Å². The van der Waals surface area contributed by atoms with Gasteiger partial charge in [0.2, 0.25) is 0 Å². The van der Waals surface area contributed by atoms with Crippen LogP contribution in [0.25, 0.3) is 0 Å². The highest BCUT2D eigenvalue weighted by Gasteiger charge is 2.10. The molecule has 0 amide bonds. The van der Waals surface area contributed by atoms with E-state index >= 15 is 0 Å². The molecule has 0 nitrogen and oxygen atoms in total. The summed E-state index contributed by atoms with van der Waals surface area (Å²) in [5, 5.41) is 0. The fourth-order valence-corrected chi connectivity index (χ4v) is 1.24. The summed E-state index contributed by atoms with van der Waals surface area (Å²) in [7, 11) is 0. The number of hydrogen-bond acceptors (Lipinski definition) is 0. The highest BCUT2D eigenvalue weighted by atomic mass is 14.1. The van der Waals surface area contributed by atoms with Crippen LogP contribution >= 0.6 is 0 Å². The third-order valence-electron chi connectivity index (χ3n) is 1.96. The lowest BCUT2D eigenvalue weighted by molar-refractivity contribution is 0.513. The Morgan fingerprint density at radius 3 is 2.25 bits per heavy atom. The molecule has 0 aliphatic rings. The zero-order valence-corrected chi connectivity index (χ0v) is 11.0. The average Bonchev–Trinajstić information content (AvgIpc) is 2.14. The summed E-state index contributed by atoms with van der Waals surface area (Å²) in [6.45, 7) is 15.8. The fourth-order valence-electron chi connectivity index (χ4n) is 1.24. The predicted octanol–water partition coefficient (Wildman–Crippen LogP) is 4.66. The van der Waals surface area contributed by atoms with E-state index in [1.807, 2.05) is 26.0 Å². The highest BCUT2D eigenvalue weighted by molar-refractivity contribution is 5.32. The van der Waals surface area contributed by atoms with Gasteiger partial charge in [-0.15, -0.1) is 18.9 Å². The van der Waals surface area contributed by atoms with Crippen molar-refractivity contribution >= 4 is 0 Å². The van der Waals surface area contributed by atoms with Crippen LogP contribution in [-0.4, -0.2) is 0 Å². The standard InChI is InChI=1S/C16H22/c1-7-9-15(13-14(3)4)10-12-16(5,6)11-8-2/h7-8H,1-2,9,11H2,3-6H3. The molecule has 0 aliphatic heterocycles. The first kappa shape index (κ1) is 14.6. The van der Waals surface area contributed by atoms with Crippen LogP contribution in [0.3, 0.4) is 0 Å². The zero-order chi connectivity index (χ0) is 12.6.